The summed E-state index contributed by atoms with van der Waals surface area (Å²) in [4.78, 5) is 41.8. The van der Waals surface area contributed by atoms with E-state index < -0.39 is 11.9 Å². The summed E-state index contributed by atoms with van der Waals surface area (Å²) in [5.41, 5.74) is 9.15. The summed E-state index contributed by atoms with van der Waals surface area (Å²) < 4.78 is 19.8. The normalized spacial score (nSPS) is 11.1. The molecule has 0 saturated carbocycles. The number of pyridine rings is 1. The number of nitrogens with zero attached hydrogens (tertiary/aromatic N) is 3. The van der Waals surface area contributed by atoms with Gasteiger partial charge in [0.15, 0.2) is 6.73 Å². The number of amides is 1. The molecule has 0 atom stereocenters. The number of nitrogens with two attached hydrogens (primary N) is 1. The van der Waals surface area contributed by atoms with Crippen LogP contribution in [0, 0.1) is 12.7 Å². The number of hydrogen-bond donors (Lipinski definition) is 3. The molecule has 2 aromatic carbocycles. The highest BCUT2D eigenvalue weighted by atomic mass is 19.1. The van der Waals surface area contributed by atoms with E-state index in [4.69, 9.17) is 15.6 Å². The molecule has 40 heavy (non-hydrogen) atoms. The van der Waals surface area contributed by atoms with Gasteiger partial charge in [0.05, 0.1) is 16.8 Å². The molecule has 4 rings (SSSR count). The van der Waals surface area contributed by atoms with Gasteiger partial charge in [-0.2, -0.15) is 0 Å². The number of aryl methyl sites for hydroxylation is 2. The third kappa shape index (κ3) is 7.38. The Morgan fingerprint density at radius 3 is 2.50 bits per heavy atom. The molecule has 2 heterocycles. The number of aromatic nitrogens is 2. The summed E-state index contributed by atoms with van der Waals surface area (Å²) in [6.45, 7) is 1.96. The SMILES string of the molecule is Cc1cc2ccc(C(=C/N)/C=N/COC(=O)c3ccccc3C(=O)O)nc2n1C.O=CNCc1ccccc1F. The van der Waals surface area contributed by atoms with Crippen molar-refractivity contribution in [3.8, 4) is 0 Å². The number of rotatable bonds is 9. The second-order valence-corrected chi connectivity index (χ2v) is 8.39. The lowest BCUT2D eigenvalue weighted by Crippen LogP contribution is -2.11. The van der Waals surface area contributed by atoms with Crippen LogP contribution in [-0.2, 0) is 23.1 Å². The van der Waals surface area contributed by atoms with Crippen LogP contribution in [-0.4, -0.2) is 46.0 Å². The average molecular weight is 546 g/mol. The highest BCUT2D eigenvalue weighted by Crippen LogP contribution is 2.19. The standard InChI is InChI=1S/C21H20N4O4.C8H8FNO/c1-13-9-14-7-8-18(24-19(14)25(13)2)15(10-22)11-23-12-29-21(28)17-6-4-3-5-16(17)20(26)27;9-8-4-2-1-3-7(8)5-10-6-11/h3-11H,12,22H2,1-2H3,(H,26,27);1-4,6H,5H2,(H,10,11)/b15-10+,23-11+;. The zero-order valence-electron chi connectivity index (χ0n) is 21.9. The van der Waals surface area contributed by atoms with Gasteiger partial charge < -0.3 is 25.5 Å². The third-order valence-electron chi connectivity index (χ3n) is 5.80. The van der Waals surface area contributed by atoms with Crippen LogP contribution in [0.1, 0.15) is 37.7 Å². The first-order valence-electron chi connectivity index (χ1n) is 12.0. The van der Waals surface area contributed by atoms with E-state index in [1.807, 2.05) is 36.7 Å². The van der Waals surface area contributed by atoms with Crippen LogP contribution in [0.15, 0.2) is 77.9 Å². The van der Waals surface area contributed by atoms with E-state index >= 15 is 0 Å². The molecule has 10 nitrogen and oxygen atoms in total. The number of fused-ring (bicyclic) bond motifs is 1. The van der Waals surface area contributed by atoms with Gasteiger partial charge in [-0.3, -0.25) is 9.79 Å². The third-order valence-corrected chi connectivity index (χ3v) is 5.80. The Hall–Kier alpha value is -5.32. The van der Waals surface area contributed by atoms with Crippen molar-refractivity contribution in [1.29, 1.82) is 0 Å². The first-order valence-corrected chi connectivity index (χ1v) is 12.0. The lowest BCUT2D eigenvalue weighted by atomic mass is 10.1. The molecule has 11 heteroatoms. The maximum Gasteiger partial charge on any atom is 0.340 e. The lowest BCUT2D eigenvalue weighted by molar-refractivity contribution is -0.109. The summed E-state index contributed by atoms with van der Waals surface area (Å²) in [5, 5.41) is 12.6. The number of nitrogens with one attached hydrogen (secondary N) is 1. The zero-order chi connectivity index (χ0) is 29.1. The number of carbonyl (C=O) groups excluding carboxylic acids is 2. The van der Waals surface area contributed by atoms with Gasteiger partial charge in [-0.25, -0.2) is 19.0 Å². The fourth-order valence-corrected chi connectivity index (χ4v) is 3.63. The van der Waals surface area contributed by atoms with Gasteiger partial charge >= 0.3 is 11.9 Å². The highest BCUT2D eigenvalue weighted by molar-refractivity contribution is 6.09. The van der Waals surface area contributed by atoms with Crippen LogP contribution in [0.25, 0.3) is 16.6 Å². The largest absolute Gasteiger partial charge is 0.478 e. The monoisotopic (exact) mass is 545 g/mol. The van der Waals surface area contributed by atoms with Crippen LogP contribution in [0.3, 0.4) is 0 Å². The van der Waals surface area contributed by atoms with Crippen molar-refractivity contribution in [3.05, 3.63) is 107 Å². The van der Waals surface area contributed by atoms with Crippen LogP contribution >= 0.6 is 0 Å². The van der Waals surface area contributed by atoms with Crippen molar-refractivity contribution >= 4 is 41.2 Å². The van der Waals surface area contributed by atoms with Crippen molar-refractivity contribution < 1.29 is 28.6 Å². The smallest absolute Gasteiger partial charge is 0.340 e. The van der Waals surface area contributed by atoms with E-state index in [1.54, 1.807) is 24.3 Å². The van der Waals surface area contributed by atoms with E-state index in [0.29, 0.717) is 23.2 Å². The van der Waals surface area contributed by atoms with Gasteiger partial charge in [-0.05, 0) is 43.3 Å². The second-order valence-electron chi connectivity index (χ2n) is 8.39. The van der Waals surface area contributed by atoms with Crippen molar-refractivity contribution in [2.24, 2.45) is 17.8 Å². The zero-order valence-corrected chi connectivity index (χ0v) is 21.9. The number of aromatic carboxylic acids is 1. The lowest BCUT2D eigenvalue weighted by Gasteiger charge is -2.05. The molecule has 0 aliphatic carbocycles. The number of benzene rings is 2. The van der Waals surface area contributed by atoms with E-state index in [9.17, 15) is 18.8 Å². The maximum absolute atomic E-state index is 12.8. The number of halogens is 1. The molecule has 2 aromatic heterocycles. The number of aliphatic imine (C=N–C) groups is 1. The Bertz CT molecular complexity index is 1580. The molecule has 0 saturated heterocycles. The van der Waals surface area contributed by atoms with Gasteiger partial charge in [0.25, 0.3) is 0 Å². The Labute approximate surface area is 229 Å². The van der Waals surface area contributed by atoms with Crippen LogP contribution in [0.4, 0.5) is 4.39 Å². The molecule has 0 aliphatic rings. The van der Waals surface area contributed by atoms with Crippen molar-refractivity contribution in [3.63, 3.8) is 0 Å². The Morgan fingerprint density at radius 2 is 1.82 bits per heavy atom. The summed E-state index contributed by atoms with van der Waals surface area (Å²) in [5.74, 6) is -2.26. The van der Waals surface area contributed by atoms with Gasteiger partial charge in [0, 0.05) is 48.2 Å². The van der Waals surface area contributed by atoms with Crippen LogP contribution in [0.5, 0.6) is 0 Å². The molecule has 0 spiro atoms. The predicted molar refractivity (Wildman–Crippen MR) is 149 cm³/mol. The molecular weight excluding hydrogens is 517 g/mol. The molecule has 0 aliphatic heterocycles. The Morgan fingerprint density at radius 1 is 1.12 bits per heavy atom. The van der Waals surface area contributed by atoms with E-state index in [0.717, 1.165) is 16.7 Å². The van der Waals surface area contributed by atoms with Crippen molar-refractivity contribution in [2.75, 3.05) is 6.73 Å². The summed E-state index contributed by atoms with van der Waals surface area (Å²) in [6, 6.07) is 18.0. The summed E-state index contributed by atoms with van der Waals surface area (Å²) >= 11 is 0. The number of ether oxygens (including phenoxy) is 1. The maximum atomic E-state index is 12.8. The average Bonchev–Trinajstić information content (AvgIpc) is 3.25. The topological polar surface area (TPSA) is 149 Å². The number of carboxylic acids is 1. The molecular formula is C29H28FN5O5. The van der Waals surface area contributed by atoms with Crippen LogP contribution in [0.2, 0.25) is 0 Å². The molecule has 0 fully saturated rings. The number of carboxylic acid groups (broad SMARTS) is 1. The molecule has 4 aromatic rings. The molecule has 0 radical (unpaired) electrons. The van der Waals surface area contributed by atoms with E-state index in [2.05, 4.69) is 15.3 Å². The number of esters is 1. The summed E-state index contributed by atoms with van der Waals surface area (Å²) in [7, 11) is 1.93. The quantitative estimate of drug-likeness (QED) is 0.164. The minimum Gasteiger partial charge on any atom is -0.478 e. The molecule has 1 amide bonds. The predicted octanol–water partition coefficient (Wildman–Crippen LogP) is 3.84. The van der Waals surface area contributed by atoms with Crippen molar-refractivity contribution in [2.45, 2.75) is 13.5 Å². The second kappa shape index (κ2) is 14.0. The highest BCUT2D eigenvalue weighted by Gasteiger charge is 2.16. The summed E-state index contributed by atoms with van der Waals surface area (Å²) in [6.07, 6.45) is 3.38. The molecule has 4 N–H and O–H groups in total. The number of allylic oxidation sites excluding steroid dienone is 1. The Balaban J connectivity index is 0.000000336. The minimum atomic E-state index is -1.20. The molecule has 206 valence electrons. The van der Waals surface area contributed by atoms with Gasteiger partial charge in [-0.15, -0.1) is 0 Å². The van der Waals surface area contributed by atoms with E-state index in [1.165, 1.54) is 36.7 Å². The fourth-order valence-electron chi connectivity index (χ4n) is 3.63. The first-order chi connectivity index (χ1) is 19.3. The molecule has 0 bridgehead atoms. The van der Waals surface area contributed by atoms with Crippen LogP contribution < -0.4 is 11.1 Å². The van der Waals surface area contributed by atoms with Gasteiger partial charge in [0.1, 0.15) is 11.5 Å². The van der Waals surface area contributed by atoms with Gasteiger partial charge in [0.2, 0.25) is 6.41 Å². The minimum absolute atomic E-state index is 0.0315. The first kappa shape index (κ1) is 29.2. The van der Waals surface area contributed by atoms with Gasteiger partial charge in [-0.1, -0.05) is 30.3 Å². The number of hydrogen-bond acceptors (Lipinski definition) is 7. The molecule has 0 unspecified atom stereocenters. The Kier molecular flexibility index (Phi) is 10.2. The number of carbonyl (C=O) groups is 3. The van der Waals surface area contributed by atoms with E-state index in [-0.39, 0.29) is 30.2 Å². The van der Waals surface area contributed by atoms with Crippen molar-refractivity contribution in [1.82, 2.24) is 14.9 Å². The fraction of sp³-hybridized carbons (Fsp3) is 0.138.